The Balaban J connectivity index is 2.21. The Bertz CT molecular complexity index is 591. The van der Waals surface area contributed by atoms with Crippen LogP contribution in [-0.4, -0.2) is 6.29 Å². The summed E-state index contributed by atoms with van der Waals surface area (Å²) in [6.45, 7) is 0.166. The third kappa shape index (κ3) is 3.65. The summed E-state index contributed by atoms with van der Waals surface area (Å²) in [7, 11) is 0. The fraction of sp³-hybridized carbons (Fsp3) is 0.0714. The Hall–Kier alpha value is -0.700. The molecule has 2 aromatic rings. The Labute approximate surface area is 137 Å². The Morgan fingerprint density at radius 2 is 1.79 bits per heavy atom. The average Bonchev–Trinajstić information content (AvgIpc) is 2.39. The lowest BCUT2D eigenvalue weighted by molar-refractivity contribution is 0.112. The standard InChI is InChI=1S/C14H9FI2O2/c15-11-4-2-1-3-10(11)8-19-14-12(16)5-9(7-18)6-13(14)17/h1-7H,8H2. The van der Waals surface area contributed by atoms with Crippen LogP contribution in [0.3, 0.4) is 0 Å². The van der Waals surface area contributed by atoms with Gasteiger partial charge in [0.2, 0.25) is 0 Å². The molecular weight excluding hydrogens is 473 g/mol. The van der Waals surface area contributed by atoms with Crippen LogP contribution in [0.15, 0.2) is 36.4 Å². The van der Waals surface area contributed by atoms with Crippen LogP contribution in [-0.2, 0) is 6.61 Å². The molecule has 0 radical (unpaired) electrons. The molecule has 0 N–H and O–H groups in total. The predicted octanol–water partition coefficient (Wildman–Crippen LogP) is 4.43. The Kier molecular flexibility index (Phi) is 5.14. The maximum Gasteiger partial charge on any atom is 0.150 e. The first-order valence-corrected chi connectivity index (χ1v) is 7.58. The third-order valence-electron chi connectivity index (χ3n) is 2.49. The first-order chi connectivity index (χ1) is 9.11. The van der Waals surface area contributed by atoms with Crippen molar-refractivity contribution in [2.75, 3.05) is 0 Å². The summed E-state index contributed by atoms with van der Waals surface area (Å²) in [6.07, 6.45) is 0.797. The number of hydrogen-bond donors (Lipinski definition) is 0. The highest BCUT2D eigenvalue weighted by Gasteiger charge is 2.10. The molecule has 0 aliphatic heterocycles. The molecule has 2 aromatic carbocycles. The molecule has 0 heterocycles. The van der Waals surface area contributed by atoms with E-state index in [9.17, 15) is 9.18 Å². The summed E-state index contributed by atoms with van der Waals surface area (Å²) < 4.78 is 20.8. The molecule has 0 aromatic heterocycles. The van der Waals surface area contributed by atoms with Crippen LogP contribution in [0.2, 0.25) is 0 Å². The maximum atomic E-state index is 13.5. The van der Waals surface area contributed by atoms with Gasteiger partial charge in [-0.2, -0.15) is 0 Å². The van der Waals surface area contributed by atoms with E-state index in [-0.39, 0.29) is 12.4 Å². The number of benzene rings is 2. The van der Waals surface area contributed by atoms with Gasteiger partial charge in [-0.05, 0) is 63.4 Å². The SMILES string of the molecule is O=Cc1cc(I)c(OCc2ccccc2F)c(I)c1. The molecule has 5 heteroatoms. The van der Waals surface area contributed by atoms with Crippen molar-refractivity contribution >= 4 is 51.5 Å². The minimum Gasteiger partial charge on any atom is -0.487 e. The molecule has 0 saturated carbocycles. The first-order valence-electron chi connectivity index (χ1n) is 5.42. The van der Waals surface area contributed by atoms with Crippen molar-refractivity contribution in [2.24, 2.45) is 0 Å². The summed E-state index contributed by atoms with van der Waals surface area (Å²) in [6, 6.07) is 10.00. The number of halogens is 3. The highest BCUT2D eigenvalue weighted by Crippen LogP contribution is 2.29. The Morgan fingerprint density at radius 3 is 2.37 bits per heavy atom. The predicted molar refractivity (Wildman–Crippen MR) is 88.0 cm³/mol. The number of carbonyl (C=O) groups excluding carboxylic acids is 1. The number of rotatable bonds is 4. The van der Waals surface area contributed by atoms with Crippen LogP contribution in [0.5, 0.6) is 5.75 Å². The van der Waals surface area contributed by atoms with Gasteiger partial charge in [0.25, 0.3) is 0 Å². The van der Waals surface area contributed by atoms with Gasteiger partial charge >= 0.3 is 0 Å². The van der Waals surface area contributed by atoms with Gasteiger partial charge in [0.1, 0.15) is 24.5 Å². The molecule has 0 spiro atoms. The first kappa shape index (κ1) is 14.7. The minimum atomic E-state index is -0.281. The van der Waals surface area contributed by atoms with E-state index in [0.29, 0.717) is 16.9 Å². The van der Waals surface area contributed by atoms with Gasteiger partial charge < -0.3 is 4.74 Å². The van der Waals surface area contributed by atoms with E-state index >= 15 is 0 Å². The lowest BCUT2D eigenvalue weighted by Gasteiger charge is -2.11. The van der Waals surface area contributed by atoms with Gasteiger partial charge in [-0.1, -0.05) is 18.2 Å². The molecule has 0 saturated heterocycles. The van der Waals surface area contributed by atoms with Crippen molar-refractivity contribution in [1.82, 2.24) is 0 Å². The van der Waals surface area contributed by atoms with Crippen LogP contribution < -0.4 is 4.74 Å². The molecule has 2 nitrogen and oxygen atoms in total. The van der Waals surface area contributed by atoms with Crippen molar-refractivity contribution in [3.63, 3.8) is 0 Å². The van der Waals surface area contributed by atoms with Crippen LogP contribution in [0.4, 0.5) is 4.39 Å². The molecule has 0 bridgehead atoms. The van der Waals surface area contributed by atoms with Crippen molar-refractivity contribution in [2.45, 2.75) is 6.61 Å². The molecule has 0 unspecified atom stereocenters. The van der Waals surface area contributed by atoms with Gasteiger partial charge in [-0.3, -0.25) is 4.79 Å². The summed E-state index contributed by atoms with van der Waals surface area (Å²) in [4.78, 5) is 10.7. The molecule has 19 heavy (non-hydrogen) atoms. The van der Waals surface area contributed by atoms with Crippen LogP contribution >= 0.6 is 45.2 Å². The second-order valence-corrected chi connectivity index (χ2v) is 6.14. The zero-order valence-electron chi connectivity index (χ0n) is 9.70. The number of aldehydes is 1. The lowest BCUT2D eigenvalue weighted by Crippen LogP contribution is -2.01. The summed E-state index contributed by atoms with van der Waals surface area (Å²) in [5.74, 6) is 0.395. The number of carbonyl (C=O) groups is 1. The highest BCUT2D eigenvalue weighted by molar-refractivity contribution is 14.1. The summed E-state index contributed by atoms with van der Waals surface area (Å²) in [5, 5.41) is 0. The molecule has 0 aliphatic carbocycles. The van der Waals surface area contributed by atoms with Gasteiger partial charge in [-0.25, -0.2) is 4.39 Å². The van der Waals surface area contributed by atoms with E-state index in [1.807, 2.05) is 0 Å². The molecule has 0 aliphatic rings. The maximum absolute atomic E-state index is 13.5. The lowest BCUT2D eigenvalue weighted by atomic mass is 10.2. The second-order valence-electron chi connectivity index (χ2n) is 3.81. The zero-order valence-corrected chi connectivity index (χ0v) is 14.0. The largest absolute Gasteiger partial charge is 0.487 e. The van der Waals surface area contributed by atoms with E-state index in [0.717, 1.165) is 13.4 Å². The molecule has 2 rings (SSSR count). The second kappa shape index (κ2) is 6.65. The fourth-order valence-electron chi connectivity index (χ4n) is 1.55. The van der Waals surface area contributed by atoms with Crippen molar-refractivity contribution in [3.05, 3.63) is 60.5 Å². The van der Waals surface area contributed by atoms with Gasteiger partial charge in [-0.15, -0.1) is 0 Å². The molecule has 0 amide bonds. The van der Waals surface area contributed by atoms with Gasteiger partial charge in [0, 0.05) is 11.1 Å². The average molecular weight is 482 g/mol. The van der Waals surface area contributed by atoms with Crippen LogP contribution in [0, 0.1) is 13.0 Å². The summed E-state index contributed by atoms with van der Waals surface area (Å²) >= 11 is 4.21. The smallest absolute Gasteiger partial charge is 0.150 e. The van der Waals surface area contributed by atoms with Crippen molar-refractivity contribution in [3.8, 4) is 5.75 Å². The fourth-order valence-corrected chi connectivity index (χ4v) is 3.68. The third-order valence-corrected chi connectivity index (χ3v) is 4.09. The van der Waals surface area contributed by atoms with Gasteiger partial charge in [0.05, 0.1) is 7.14 Å². The summed E-state index contributed by atoms with van der Waals surface area (Å²) in [5.41, 5.74) is 1.11. The quantitative estimate of drug-likeness (QED) is 0.477. The molecule has 0 fully saturated rings. The van der Waals surface area contributed by atoms with E-state index in [2.05, 4.69) is 45.2 Å². The van der Waals surface area contributed by atoms with Crippen molar-refractivity contribution in [1.29, 1.82) is 0 Å². The highest BCUT2D eigenvalue weighted by atomic mass is 127. The van der Waals surface area contributed by atoms with E-state index < -0.39 is 0 Å². The topological polar surface area (TPSA) is 26.3 Å². The van der Waals surface area contributed by atoms with Crippen molar-refractivity contribution < 1.29 is 13.9 Å². The Morgan fingerprint density at radius 1 is 1.16 bits per heavy atom. The molecule has 98 valence electrons. The molecular formula is C14H9FI2O2. The number of ether oxygens (including phenoxy) is 1. The van der Waals surface area contributed by atoms with E-state index in [4.69, 9.17) is 4.74 Å². The van der Waals surface area contributed by atoms with Gasteiger partial charge in [0.15, 0.2) is 0 Å². The van der Waals surface area contributed by atoms with E-state index in [1.165, 1.54) is 6.07 Å². The van der Waals surface area contributed by atoms with E-state index in [1.54, 1.807) is 30.3 Å². The molecule has 0 atom stereocenters. The zero-order chi connectivity index (χ0) is 13.8. The van der Waals surface area contributed by atoms with Crippen LogP contribution in [0.25, 0.3) is 0 Å². The normalized spacial score (nSPS) is 10.3. The minimum absolute atomic E-state index is 0.166. The number of hydrogen-bond acceptors (Lipinski definition) is 2. The van der Waals surface area contributed by atoms with Crippen LogP contribution in [0.1, 0.15) is 15.9 Å². The monoisotopic (exact) mass is 482 g/mol.